The third-order valence-corrected chi connectivity index (χ3v) is 8.43. The first-order valence-electron chi connectivity index (χ1n) is 12.9. The molecule has 2 aromatic rings. The zero-order valence-corrected chi connectivity index (χ0v) is 23.2. The number of benzene rings is 1. The lowest BCUT2D eigenvalue weighted by molar-refractivity contribution is -0.136. The summed E-state index contributed by atoms with van der Waals surface area (Å²) in [5.41, 5.74) is 9.69. The fourth-order valence-electron chi connectivity index (χ4n) is 5.43. The Labute approximate surface area is 229 Å². The summed E-state index contributed by atoms with van der Waals surface area (Å²) in [6.45, 7) is 7.35. The first kappa shape index (κ1) is 27.7. The maximum absolute atomic E-state index is 14.1. The Morgan fingerprint density at radius 1 is 1.32 bits per heavy atom. The maximum atomic E-state index is 14.1. The summed E-state index contributed by atoms with van der Waals surface area (Å²) in [7, 11) is 2.09. The highest BCUT2D eigenvalue weighted by Gasteiger charge is 2.30. The van der Waals surface area contributed by atoms with Crippen LogP contribution < -0.4 is 11.1 Å². The van der Waals surface area contributed by atoms with Crippen molar-refractivity contribution in [3.8, 4) is 0 Å². The molecule has 4 rings (SSSR count). The second-order valence-electron chi connectivity index (χ2n) is 10.4. The second-order valence-corrected chi connectivity index (χ2v) is 11.1. The Hall–Kier alpha value is -2.35. The van der Waals surface area contributed by atoms with Gasteiger partial charge in [0.15, 0.2) is 0 Å². The lowest BCUT2D eigenvalue weighted by Gasteiger charge is -2.37. The number of anilines is 1. The molecule has 6 nitrogen and oxygen atoms in total. The fraction of sp³-hybridized carbons (Fsp3) is 0.500. The summed E-state index contributed by atoms with van der Waals surface area (Å²) < 4.78 is 14.1. The molecule has 1 aromatic carbocycles. The number of halogens is 3. The monoisotopic (exact) mass is 547 g/mol. The fourth-order valence-corrected chi connectivity index (χ4v) is 6.17. The molecule has 37 heavy (non-hydrogen) atoms. The number of nitrogens with one attached hydrogen (secondary N) is 1. The van der Waals surface area contributed by atoms with Crippen LogP contribution in [0.15, 0.2) is 30.6 Å². The number of carbonyl (C=O) groups excluding carboxylic acids is 1. The van der Waals surface area contributed by atoms with Gasteiger partial charge >= 0.3 is 0 Å². The van der Waals surface area contributed by atoms with E-state index in [2.05, 4.69) is 35.4 Å². The molecule has 200 valence electrons. The topological polar surface area (TPSA) is 74.5 Å². The number of carbonyl (C=O) groups is 1. The summed E-state index contributed by atoms with van der Waals surface area (Å²) in [4.78, 5) is 21.4. The van der Waals surface area contributed by atoms with Gasteiger partial charge in [-0.15, -0.1) is 0 Å². The first-order chi connectivity index (χ1) is 17.7. The number of nitrogen functional groups attached to an aromatic ring is 1. The smallest absolute Gasteiger partial charge is 0.227 e. The zero-order valence-electron chi connectivity index (χ0n) is 21.7. The molecule has 3 heterocycles. The van der Waals surface area contributed by atoms with Gasteiger partial charge in [-0.1, -0.05) is 30.1 Å². The maximum Gasteiger partial charge on any atom is 0.227 e. The zero-order chi connectivity index (χ0) is 26.7. The van der Waals surface area contributed by atoms with Crippen molar-refractivity contribution in [1.29, 1.82) is 0 Å². The van der Waals surface area contributed by atoms with Crippen molar-refractivity contribution in [1.82, 2.24) is 20.1 Å². The Balaban J connectivity index is 1.41. The number of likely N-dealkylation sites (tertiary alicyclic amines) is 1. The first-order valence-corrected chi connectivity index (χ1v) is 13.7. The van der Waals surface area contributed by atoms with Crippen LogP contribution in [0.2, 0.25) is 10.0 Å². The molecular formula is C28H36Cl2FN5O. The predicted molar refractivity (Wildman–Crippen MR) is 149 cm³/mol. The molecule has 9 heteroatoms. The van der Waals surface area contributed by atoms with Gasteiger partial charge in [0.2, 0.25) is 5.91 Å². The number of rotatable bonds is 7. The molecule has 0 saturated carbocycles. The molecule has 1 aromatic heterocycles. The number of pyridine rings is 1. The highest BCUT2D eigenvalue weighted by atomic mass is 35.5. The molecule has 3 N–H and O–H groups in total. The molecule has 2 aliphatic rings. The van der Waals surface area contributed by atoms with Gasteiger partial charge in [-0.05, 0) is 85.5 Å². The van der Waals surface area contributed by atoms with Crippen molar-refractivity contribution in [2.24, 2.45) is 5.92 Å². The average molecular weight is 549 g/mol. The Morgan fingerprint density at radius 3 is 2.73 bits per heavy atom. The summed E-state index contributed by atoms with van der Waals surface area (Å²) >= 11 is 12.6. The van der Waals surface area contributed by atoms with Gasteiger partial charge in [0.05, 0.1) is 10.9 Å². The van der Waals surface area contributed by atoms with Crippen LogP contribution in [0.1, 0.15) is 55.7 Å². The lowest BCUT2D eigenvalue weighted by Crippen LogP contribution is -2.46. The molecule has 0 spiro atoms. The highest BCUT2D eigenvalue weighted by molar-refractivity contribution is 6.36. The van der Waals surface area contributed by atoms with Gasteiger partial charge in [0.25, 0.3) is 0 Å². The summed E-state index contributed by atoms with van der Waals surface area (Å²) in [6.07, 6.45) is 7.29. The van der Waals surface area contributed by atoms with Crippen LogP contribution in [0.4, 0.5) is 10.2 Å². The van der Waals surface area contributed by atoms with E-state index in [4.69, 9.17) is 28.9 Å². The van der Waals surface area contributed by atoms with Crippen molar-refractivity contribution < 1.29 is 9.18 Å². The largest absolute Gasteiger partial charge is 0.383 e. The van der Waals surface area contributed by atoms with Crippen LogP contribution in [0, 0.1) is 11.7 Å². The van der Waals surface area contributed by atoms with Gasteiger partial charge in [-0.2, -0.15) is 0 Å². The van der Waals surface area contributed by atoms with Crippen LogP contribution in [0.3, 0.4) is 0 Å². The van der Waals surface area contributed by atoms with Crippen molar-refractivity contribution in [2.45, 2.75) is 51.5 Å². The van der Waals surface area contributed by atoms with E-state index in [1.165, 1.54) is 12.1 Å². The number of nitrogens with zero attached hydrogens (tertiary/aromatic N) is 3. The Bertz CT molecular complexity index is 1160. The number of aromatic nitrogens is 1. The van der Waals surface area contributed by atoms with E-state index in [0.717, 1.165) is 62.1 Å². The van der Waals surface area contributed by atoms with Crippen molar-refractivity contribution in [3.63, 3.8) is 0 Å². The van der Waals surface area contributed by atoms with Crippen molar-refractivity contribution in [2.75, 3.05) is 39.0 Å². The quantitative estimate of drug-likeness (QED) is 0.457. The molecule has 1 amide bonds. The minimum absolute atomic E-state index is 0.0491. The van der Waals surface area contributed by atoms with E-state index in [1.807, 2.05) is 17.9 Å². The van der Waals surface area contributed by atoms with Crippen molar-refractivity contribution in [3.05, 3.63) is 63.1 Å². The molecule has 2 aliphatic heterocycles. The Kier molecular flexibility index (Phi) is 8.98. The van der Waals surface area contributed by atoms with Crippen LogP contribution in [0.25, 0.3) is 5.57 Å². The van der Waals surface area contributed by atoms with Crippen LogP contribution in [-0.4, -0.2) is 60.0 Å². The third kappa shape index (κ3) is 6.39. The average Bonchev–Trinajstić information content (AvgIpc) is 3.42. The van der Waals surface area contributed by atoms with E-state index >= 15 is 0 Å². The lowest BCUT2D eigenvalue weighted by atomic mass is 9.92. The van der Waals surface area contributed by atoms with E-state index < -0.39 is 5.82 Å². The molecule has 0 radical (unpaired) electrons. The number of hydrogen-bond donors (Lipinski definition) is 2. The van der Waals surface area contributed by atoms with Gasteiger partial charge in [0, 0.05) is 50.1 Å². The molecule has 0 bridgehead atoms. The summed E-state index contributed by atoms with van der Waals surface area (Å²) in [6, 6.07) is 5.22. The van der Waals surface area contributed by atoms with Crippen LogP contribution in [0.5, 0.6) is 0 Å². The predicted octanol–water partition coefficient (Wildman–Crippen LogP) is 5.35. The van der Waals surface area contributed by atoms with Gasteiger partial charge < -0.3 is 20.9 Å². The normalized spacial score (nSPS) is 19.8. The minimum Gasteiger partial charge on any atom is -0.383 e. The molecule has 2 fully saturated rings. The summed E-state index contributed by atoms with van der Waals surface area (Å²) in [5, 5.41) is 3.77. The SMILES string of the molecule is C/C(=C\N(C)C1CCN(C(=O)C2CCNC2)CC1)c1cnc(N)c(CC(C)c2c(Cl)ccc(F)c2Cl)c1. The Morgan fingerprint density at radius 2 is 2.05 bits per heavy atom. The van der Waals surface area contributed by atoms with E-state index in [-0.39, 0.29) is 16.9 Å². The van der Waals surface area contributed by atoms with Gasteiger partial charge in [-0.3, -0.25) is 4.79 Å². The van der Waals surface area contributed by atoms with E-state index in [1.54, 1.807) is 6.20 Å². The number of piperidine rings is 1. The molecular weight excluding hydrogens is 512 g/mol. The van der Waals surface area contributed by atoms with Gasteiger partial charge in [0.1, 0.15) is 11.6 Å². The second kappa shape index (κ2) is 12.0. The number of nitrogens with two attached hydrogens (primary N) is 1. The van der Waals surface area contributed by atoms with Crippen LogP contribution >= 0.6 is 23.2 Å². The molecule has 0 aliphatic carbocycles. The minimum atomic E-state index is -0.486. The van der Waals surface area contributed by atoms with Gasteiger partial charge in [-0.25, -0.2) is 9.37 Å². The number of allylic oxidation sites excluding steroid dienone is 1. The standard InChI is InChI=1S/C28H36Cl2FN5O/c1-17(25-23(29)4-5-24(31)26(25)30)12-20-13-21(15-34-27(20)32)18(2)16-35(3)22-7-10-36(11-8-22)28(37)19-6-9-33-14-19/h4-5,13,15-17,19,22,33H,6-12,14H2,1-3H3,(H2,32,34)/b18-16+. The highest BCUT2D eigenvalue weighted by Crippen LogP contribution is 2.36. The number of hydrogen-bond acceptors (Lipinski definition) is 5. The van der Waals surface area contributed by atoms with Crippen LogP contribution in [-0.2, 0) is 11.2 Å². The van der Waals surface area contributed by atoms with Crippen molar-refractivity contribution >= 4 is 40.5 Å². The molecule has 2 unspecified atom stereocenters. The summed E-state index contributed by atoms with van der Waals surface area (Å²) in [5.74, 6) is 0.248. The number of amides is 1. The molecule has 2 atom stereocenters. The van der Waals surface area contributed by atoms with E-state index in [0.29, 0.717) is 34.8 Å². The molecule has 2 saturated heterocycles. The third-order valence-electron chi connectivity index (χ3n) is 7.71. The van der Waals surface area contributed by atoms with E-state index in [9.17, 15) is 9.18 Å².